The zero-order valence-corrected chi connectivity index (χ0v) is 14.8. The van der Waals surface area contributed by atoms with Crippen molar-refractivity contribution in [3.63, 3.8) is 0 Å². The van der Waals surface area contributed by atoms with Gasteiger partial charge in [-0.05, 0) is 55.5 Å². The Bertz CT molecular complexity index is 745. The Morgan fingerprint density at radius 3 is 2.56 bits per heavy atom. The van der Waals surface area contributed by atoms with E-state index in [-0.39, 0.29) is 11.0 Å². The van der Waals surface area contributed by atoms with Crippen LogP contribution in [-0.2, 0) is 0 Å². The molecule has 0 fully saturated rings. The van der Waals surface area contributed by atoms with Gasteiger partial charge in [0.1, 0.15) is 18.1 Å². The highest BCUT2D eigenvalue weighted by Crippen LogP contribution is 2.18. The summed E-state index contributed by atoms with van der Waals surface area (Å²) in [6.07, 6.45) is 1.68. The maximum Gasteiger partial charge on any atom is 0.261 e. The van der Waals surface area contributed by atoms with Gasteiger partial charge in [-0.2, -0.15) is 0 Å². The highest BCUT2D eigenvalue weighted by molar-refractivity contribution is 7.80. The van der Waals surface area contributed by atoms with E-state index in [0.29, 0.717) is 24.5 Å². The van der Waals surface area contributed by atoms with Crippen LogP contribution < -0.4 is 20.1 Å². The number of thiocarbonyl (C=S) groups is 1. The summed E-state index contributed by atoms with van der Waals surface area (Å²) in [5.74, 6) is 0.924. The standard InChI is InChI=1S/C19H20N2O3S/c1-3-13-24-15-11-9-14(10-12-15)20-19(25)21-18(22)16-7-5-6-8-17(16)23-4-2/h3,5-12H,1,4,13H2,2H3,(H2,20,21,22,25). The van der Waals surface area contributed by atoms with Crippen molar-refractivity contribution >= 4 is 28.9 Å². The second kappa shape index (κ2) is 9.44. The molecule has 1 amide bonds. The summed E-state index contributed by atoms with van der Waals surface area (Å²) in [7, 11) is 0. The van der Waals surface area contributed by atoms with E-state index in [9.17, 15) is 4.79 Å². The minimum absolute atomic E-state index is 0.205. The second-order valence-electron chi connectivity index (χ2n) is 4.96. The molecule has 2 N–H and O–H groups in total. The molecule has 0 unspecified atom stereocenters. The van der Waals surface area contributed by atoms with Crippen molar-refractivity contribution in [2.75, 3.05) is 18.5 Å². The van der Waals surface area contributed by atoms with Gasteiger partial charge in [-0.15, -0.1) is 0 Å². The first kappa shape index (κ1) is 18.5. The van der Waals surface area contributed by atoms with Crippen molar-refractivity contribution in [3.8, 4) is 11.5 Å². The molecule has 5 nitrogen and oxygen atoms in total. The Balaban J connectivity index is 1.95. The quantitative estimate of drug-likeness (QED) is 0.584. The minimum atomic E-state index is -0.326. The normalized spacial score (nSPS) is 9.80. The molecule has 0 radical (unpaired) electrons. The number of carbonyl (C=O) groups is 1. The molecule has 0 aliphatic heterocycles. The maximum atomic E-state index is 12.4. The molecule has 0 aliphatic carbocycles. The van der Waals surface area contributed by atoms with E-state index < -0.39 is 0 Å². The van der Waals surface area contributed by atoms with Gasteiger partial charge in [0.05, 0.1) is 12.2 Å². The van der Waals surface area contributed by atoms with Gasteiger partial charge >= 0.3 is 0 Å². The number of rotatable bonds is 7. The van der Waals surface area contributed by atoms with Crippen molar-refractivity contribution in [3.05, 3.63) is 66.7 Å². The molecule has 0 spiro atoms. The lowest BCUT2D eigenvalue weighted by Crippen LogP contribution is -2.34. The van der Waals surface area contributed by atoms with Crippen molar-refractivity contribution in [1.29, 1.82) is 0 Å². The number of benzene rings is 2. The molecule has 0 heterocycles. The molecule has 0 saturated heterocycles. The fraction of sp³-hybridized carbons (Fsp3) is 0.158. The molecule has 0 saturated carbocycles. The number of hydrogen-bond acceptors (Lipinski definition) is 4. The van der Waals surface area contributed by atoms with Gasteiger partial charge in [0.2, 0.25) is 0 Å². The summed E-state index contributed by atoms with van der Waals surface area (Å²) in [5, 5.41) is 5.81. The average Bonchev–Trinajstić information content (AvgIpc) is 2.61. The summed E-state index contributed by atoms with van der Waals surface area (Å²) >= 11 is 5.19. The Kier molecular flexibility index (Phi) is 6.98. The Morgan fingerprint density at radius 1 is 1.16 bits per heavy atom. The van der Waals surface area contributed by atoms with Crippen LogP contribution in [-0.4, -0.2) is 24.2 Å². The second-order valence-corrected chi connectivity index (χ2v) is 5.37. The lowest BCUT2D eigenvalue weighted by molar-refractivity contribution is 0.0974. The van der Waals surface area contributed by atoms with E-state index in [1.165, 1.54) is 0 Å². The van der Waals surface area contributed by atoms with Crippen LogP contribution in [0, 0.1) is 0 Å². The molecule has 2 rings (SSSR count). The van der Waals surface area contributed by atoms with E-state index in [2.05, 4.69) is 17.2 Å². The van der Waals surface area contributed by atoms with Gasteiger partial charge in [0, 0.05) is 5.69 Å². The van der Waals surface area contributed by atoms with Crippen LogP contribution in [0.5, 0.6) is 11.5 Å². The van der Waals surface area contributed by atoms with Crippen LogP contribution in [0.1, 0.15) is 17.3 Å². The smallest absolute Gasteiger partial charge is 0.261 e. The number of ether oxygens (including phenoxy) is 2. The molecule has 25 heavy (non-hydrogen) atoms. The van der Waals surface area contributed by atoms with Gasteiger partial charge in [0.15, 0.2) is 5.11 Å². The van der Waals surface area contributed by atoms with Gasteiger partial charge in [0.25, 0.3) is 5.91 Å². The van der Waals surface area contributed by atoms with Crippen molar-refractivity contribution < 1.29 is 14.3 Å². The number of carbonyl (C=O) groups excluding carboxylic acids is 1. The molecule has 0 aromatic heterocycles. The van der Waals surface area contributed by atoms with E-state index in [1.807, 2.05) is 25.1 Å². The zero-order chi connectivity index (χ0) is 18.1. The molecular formula is C19H20N2O3S. The Morgan fingerprint density at radius 2 is 1.88 bits per heavy atom. The third-order valence-electron chi connectivity index (χ3n) is 3.14. The van der Waals surface area contributed by atoms with E-state index >= 15 is 0 Å². The fourth-order valence-electron chi connectivity index (χ4n) is 2.06. The van der Waals surface area contributed by atoms with Gasteiger partial charge < -0.3 is 14.8 Å². The molecule has 2 aromatic carbocycles. The first-order valence-corrected chi connectivity index (χ1v) is 8.22. The van der Waals surface area contributed by atoms with Gasteiger partial charge in [-0.3, -0.25) is 10.1 Å². The number of anilines is 1. The minimum Gasteiger partial charge on any atom is -0.493 e. The third-order valence-corrected chi connectivity index (χ3v) is 3.34. The lowest BCUT2D eigenvalue weighted by atomic mass is 10.2. The van der Waals surface area contributed by atoms with Crippen molar-refractivity contribution in [2.45, 2.75) is 6.92 Å². The lowest BCUT2D eigenvalue weighted by Gasteiger charge is -2.12. The predicted octanol–water partition coefficient (Wildman–Crippen LogP) is 3.78. The topological polar surface area (TPSA) is 59.6 Å². The number of para-hydroxylation sites is 1. The summed E-state index contributed by atoms with van der Waals surface area (Å²) in [6.45, 7) is 6.39. The summed E-state index contributed by atoms with van der Waals surface area (Å²) in [4.78, 5) is 12.4. The summed E-state index contributed by atoms with van der Waals surface area (Å²) in [5.41, 5.74) is 1.18. The number of amides is 1. The molecule has 130 valence electrons. The predicted molar refractivity (Wildman–Crippen MR) is 103 cm³/mol. The van der Waals surface area contributed by atoms with Crippen molar-refractivity contribution in [2.24, 2.45) is 0 Å². The fourth-order valence-corrected chi connectivity index (χ4v) is 2.27. The van der Waals surface area contributed by atoms with Gasteiger partial charge in [-0.1, -0.05) is 24.8 Å². The number of nitrogens with one attached hydrogen (secondary N) is 2. The van der Waals surface area contributed by atoms with Crippen LogP contribution in [0.3, 0.4) is 0 Å². The third kappa shape index (κ3) is 5.61. The van der Waals surface area contributed by atoms with Crippen LogP contribution in [0.15, 0.2) is 61.2 Å². The zero-order valence-electron chi connectivity index (χ0n) is 14.0. The maximum absolute atomic E-state index is 12.4. The monoisotopic (exact) mass is 356 g/mol. The Hall–Kier alpha value is -2.86. The molecule has 0 atom stereocenters. The molecular weight excluding hydrogens is 336 g/mol. The number of hydrogen-bond donors (Lipinski definition) is 2. The molecule has 0 aliphatic rings. The van der Waals surface area contributed by atoms with E-state index in [1.54, 1.807) is 36.4 Å². The molecule has 6 heteroatoms. The van der Waals surface area contributed by atoms with Crippen molar-refractivity contribution in [1.82, 2.24) is 5.32 Å². The van der Waals surface area contributed by atoms with E-state index in [4.69, 9.17) is 21.7 Å². The SMILES string of the molecule is C=CCOc1ccc(NC(=S)NC(=O)c2ccccc2OCC)cc1. The Labute approximate surface area is 152 Å². The molecule has 2 aromatic rings. The first-order valence-electron chi connectivity index (χ1n) is 7.82. The largest absolute Gasteiger partial charge is 0.493 e. The van der Waals surface area contributed by atoms with Gasteiger partial charge in [-0.25, -0.2) is 0 Å². The highest BCUT2D eigenvalue weighted by Gasteiger charge is 2.13. The highest BCUT2D eigenvalue weighted by atomic mass is 32.1. The first-order chi connectivity index (χ1) is 12.1. The van der Waals surface area contributed by atoms with Crippen LogP contribution >= 0.6 is 12.2 Å². The van der Waals surface area contributed by atoms with Crippen LogP contribution in [0.4, 0.5) is 5.69 Å². The average molecular weight is 356 g/mol. The summed E-state index contributed by atoms with van der Waals surface area (Å²) in [6, 6.07) is 14.3. The summed E-state index contributed by atoms with van der Waals surface area (Å²) < 4.78 is 10.9. The molecule has 0 bridgehead atoms. The van der Waals surface area contributed by atoms with Crippen LogP contribution in [0.25, 0.3) is 0 Å². The van der Waals surface area contributed by atoms with Crippen LogP contribution in [0.2, 0.25) is 0 Å². The van der Waals surface area contributed by atoms with E-state index in [0.717, 1.165) is 11.4 Å².